The first-order valence-electron chi connectivity index (χ1n) is 7.87. The quantitative estimate of drug-likeness (QED) is 0.797. The number of hydrogen-bond acceptors (Lipinski definition) is 2. The lowest BCUT2D eigenvalue weighted by Gasteiger charge is -2.13. The van der Waals surface area contributed by atoms with E-state index in [0.717, 1.165) is 29.1 Å². The van der Waals surface area contributed by atoms with Crippen molar-refractivity contribution in [1.82, 2.24) is 15.1 Å². The van der Waals surface area contributed by atoms with Crippen LogP contribution in [0.5, 0.6) is 0 Å². The van der Waals surface area contributed by atoms with Crippen molar-refractivity contribution in [3.8, 4) is 0 Å². The molecule has 24 heavy (non-hydrogen) atoms. The number of urea groups is 1. The van der Waals surface area contributed by atoms with Crippen LogP contribution in [-0.2, 0) is 6.54 Å². The highest BCUT2D eigenvalue weighted by molar-refractivity contribution is 6.35. The minimum atomic E-state index is -0.223. The van der Waals surface area contributed by atoms with Crippen molar-refractivity contribution in [3.63, 3.8) is 0 Å². The van der Waals surface area contributed by atoms with E-state index in [1.165, 1.54) is 0 Å². The first kappa shape index (κ1) is 18.6. The molecule has 0 saturated heterocycles. The Morgan fingerprint density at radius 1 is 1.33 bits per heavy atom. The second-order valence-electron chi connectivity index (χ2n) is 5.85. The van der Waals surface area contributed by atoms with E-state index in [0.29, 0.717) is 16.6 Å². The topological polar surface area (TPSA) is 59.0 Å². The standard InChI is InChI=1S/C17H22Cl2N4O/c1-5-10(2)20-17(24)21-16-11(3)22-23(12(16)4)9-13-6-7-14(18)8-15(13)19/h6-8,10H,5,9H2,1-4H3,(H2,20,21,24)/t10-/m1/s1. The van der Waals surface area contributed by atoms with Crippen LogP contribution in [0.25, 0.3) is 0 Å². The summed E-state index contributed by atoms with van der Waals surface area (Å²) in [4.78, 5) is 12.1. The lowest BCUT2D eigenvalue weighted by molar-refractivity contribution is 0.249. The highest BCUT2D eigenvalue weighted by Gasteiger charge is 2.16. The van der Waals surface area contributed by atoms with E-state index in [-0.39, 0.29) is 12.1 Å². The Morgan fingerprint density at radius 2 is 2.04 bits per heavy atom. The summed E-state index contributed by atoms with van der Waals surface area (Å²) in [5.74, 6) is 0. The number of aryl methyl sites for hydroxylation is 1. The van der Waals surface area contributed by atoms with Crippen LogP contribution in [0, 0.1) is 13.8 Å². The number of nitrogens with one attached hydrogen (secondary N) is 2. The van der Waals surface area contributed by atoms with Gasteiger partial charge < -0.3 is 10.6 Å². The lowest BCUT2D eigenvalue weighted by Crippen LogP contribution is -2.35. The van der Waals surface area contributed by atoms with Crippen molar-refractivity contribution >= 4 is 34.9 Å². The molecule has 0 fully saturated rings. The molecule has 0 aliphatic rings. The molecule has 7 heteroatoms. The Hall–Kier alpha value is -1.72. The first-order chi connectivity index (χ1) is 11.3. The van der Waals surface area contributed by atoms with Crippen molar-refractivity contribution in [3.05, 3.63) is 45.2 Å². The Labute approximate surface area is 152 Å². The fourth-order valence-corrected chi connectivity index (χ4v) is 2.79. The molecule has 0 aliphatic heterocycles. The molecule has 1 aromatic carbocycles. The summed E-state index contributed by atoms with van der Waals surface area (Å²) < 4.78 is 1.82. The third kappa shape index (κ3) is 4.42. The van der Waals surface area contributed by atoms with Crippen molar-refractivity contribution in [2.75, 3.05) is 5.32 Å². The van der Waals surface area contributed by atoms with E-state index in [4.69, 9.17) is 23.2 Å². The molecule has 2 aromatic rings. The molecular weight excluding hydrogens is 347 g/mol. The molecule has 0 unspecified atom stereocenters. The first-order valence-corrected chi connectivity index (χ1v) is 8.62. The number of anilines is 1. The molecular formula is C17H22Cl2N4O. The number of carbonyl (C=O) groups excluding carboxylic acids is 1. The maximum absolute atomic E-state index is 12.1. The molecule has 1 aromatic heterocycles. The van der Waals surface area contributed by atoms with Gasteiger partial charge in [0.05, 0.1) is 23.6 Å². The predicted octanol–water partition coefficient (Wildman–Crippen LogP) is 4.78. The number of benzene rings is 1. The molecule has 2 N–H and O–H groups in total. The smallest absolute Gasteiger partial charge is 0.319 e. The third-order valence-corrected chi connectivity index (χ3v) is 4.53. The molecule has 130 valence electrons. The molecule has 2 amide bonds. The summed E-state index contributed by atoms with van der Waals surface area (Å²) in [6, 6.07) is 5.29. The zero-order chi connectivity index (χ0) is 17.9. The van der Waals surface area contributed by atoms with Gasteiger partial charge in [0.1, 0.15) is 0 Å². The highest BCUT2D eigenvalue weighted by Crippen LogP contribution is 2.24. The van der Waals surface area contributed by atoms with Gasteiger partial charge in [-0.25, -0.2) is 4.79 Å². The van der Waals surface area contributed by atoms with Gasteiger partial charge in [-0.3, -0.25) is 4.68 Å². The van der Waals surface area contributed by atoms with Crippen LogP contribution in [0.2, 0.25) is 10.0 Å². The summed E-state index contributed by atoms with van der Waals surface area (Å²) in [5.41, 5.74) is 3.28. The maximum Gasteiger partial charge on any atom is 0.319 e. The summed E-state index contributed by atoms with van der Waals surface area (Å²) in [6.45, 7) is 8.28. The molecule has 5 nitrogen and oxygen atoms in total. The number of aromatic nitrogens is 2. The van der Waals surface area contributed by atoms with Crippen molar-refractivity contribution < 1.29 is 4.79 Å². The molecule has 2 rings (SSSR count). The largest absolute Gasteiger partial charge is 0.335 e. The van der Waals surface area contributed by atoms with E-state index in [1.54, 1.807) is 12.1 Å². The van der Waals surface area contributed by atoms with Gasteiger partial charge in [-0.05, 0) is 44.9 Å². The highest BCUT2D eigenvalue weighted by atomic mass is 35.5. The zero-order valence-electron chi connectivity index (χ0n) is 14.3. The van der Waals surface area contributed by atoms with Crippen LogP contribution >= 0.6 is 23.2 Å². The van der Waals surface area contributed by atoms with Crippen LogP contribution in [0.4, 0.5) is 10.5 Å². The van der Waals surface area contributed by atoms with Crippen molar-refractivity contribution in [2.24, 2.45) is 0 Å². The summed E-state index contributed by atoms with van der Waals surface area (Å²) in [5, 5.41) is 11.5. The fourth-order valence-electron chi connectivity index (χ4n) is 2.32. The summed E-state index contributed by atoms with van der Waals surface area (Å²) >= 11 is 12.2. The van der Waals surface area contributed by atoms with Gasteiger partial charge in [-0.1, -0.05) is 36.2 Å². The van der Waals surface area contributed by atoms with Crippen LogP contribution < -0.4 is 10.6 Å². The van der Waals surface area contributed by atoms with Gasteiger partial charge in [-0.2, -0.15) is 5.10 Å². The van der Waals surface area contributed by atoms with Crippen molar-refractivity contribution in [1.29, 1.82) is 0 Å². The van der Waals surface area contributed by atoms with Gasteiger partial charge in [0.25, 0.3) is 0 Å². The fraction of sp³-hybridized carbons (Fsp3) is 0.412. The maximum atomic E-state index is 12.1. The van der Waals surface area contributed by atoms with E-state index < -0.39 is 0 Å². The number of halogens is 2. The van der Waals surface area contributed by atoms with Gasteiger partial charge in [0, 0.05) is 16.1 Å². The van der Waals surface area contributed by atoms with Gasteiger partial charge in [-0.15, -0.1) is 0 Å². The average molecular weight is 369 g/mol. The summed E-state index contributed by atoms with van der Waals surface area (Å²) in [7, 11) is 0. The molecule has 1 atom stereocenters. The summed E-state index contributed by atoms with van der Waals surface area (Å²) in [6.07, 6.45) is 0.875. The Morgan fingerprint density at radius 3 is 2.67 bits per heavy atom. The Kier molecular flexibility index (Phi) is 6.13. The van der Waals surface area contributed by atoms with Gasteiger partial charge in [0.2, 0.25) is 0 Å². The monoisotopic (exact) mass is 368 g/mol. The lowest BCUT2D eigenvalue weighted by atomic mass is 10.2. The number of rotatable bonds is 5. The third-order valence-electron chi connectivity index (χ3n) is 3.95. The second-order valence-corrected chi connectivity index (χ2v) is 6.69. The average Bonchev–Trinajstić information content (AvgIpc) is 2.77. The number of amides is 2. The van der Waals surface area contributed by atoms with Crippen LogP contribution in [0.1, 0.15) is 37.2 Å². The Bertz CT molecular complexity index is 742. The van der Waals surface area contributed by atoms with E-state index >= 15 is 0 Å². The van der Waals surface area contributed by atoms with Crippen LogP contribution in [-0.4, -0.2) is 21.9 Å². The molecule has 0 radical (unpaired) electrons. The minimum absolute atomic E-state index is 0.119. The van der Waals surface area contributed by atoms with E-state index in [1.807, 2.05) is 38.4 Å². The van der Waals surface area contributed by atoms with Gasteiger partial charge >= 0.3 is 6.03 Å². The van der Waals surface area contributed by atoms with E-state index in [2.05, 4.69) is 15.7 Å². The molecule has 0 bridgehead atoms. The molecule has 0 aliphatic carbocycles. The molecule has 0 saturated carbocycles. The second kappa shape index (κ2) is 7.90. The normalized spacial score (nSPS) is 12.1. The minimum Gasteiger partial charge on any atom is -0.335 e. The number of nitrogens with zero attached hydrogens (tertiary/aromatic N) is 2. The van der Waals surface area contributed by atoms with Crippen LogP contribution in [0.3, 0.4) is 0 Å². The zero-order valence-corrected chi connectivity index (χ0v) is 15.8. The molecule has 1 heterocycles. The van der Waals surface area contributed by atoms with Gasteiger partial charge in [0.15, 0.2) is 0 Å². The van der Waals surface area contributed by atoms with Crippen molar-refractivity contribution in [2.45, 2.75) is 46.7 Å². The van der Waals surface area contributed by atoms with Crippen LogP contribution in [0.15, 0.2) is 18.2 Å². The number of hydrogen-bond donors (Lipinski definition) is 2. The number of carbonyl (C=O) groups is 1. The van der Waals surface area contributed by atoms with E-state index in [9.17, 15) is 4.79 Å². The predicted molar refractivity (Wildman–Crippen MR) is 99.2 cm³/mol. The molecule has 0 spiro atoms. The SMILES string of the molecule is CC[C@@H](C)NC(=O)Nc1c(C)nn(Cc2ccc(Cl)cc2Cl)c1C. The Balaban J connectivity index is 2.18.